The van der Waals surface area contributed by atoms with Crippen LogP contribution in [0.25, 0.3) is 10.9 Å². The summed E-state index contributed by atoms with van der Waals surface area (Å²) < 4.78 is 0. The van der Waals surface area contributed by atoms with Gasteiger partial charge >= 0.3 is 0 Å². The number of aromatic amines is 1. The summed E-state index contributed by atoms with van der Waals surface area (Å²) in [5, 5.41) is 10.3. The van der Waals surface area contributed by atoms with Crippen molar-refractivity contribution < 1.29 is 4.79 Å². The molecule has 1 heterocycles. The Morgan fingerprint density at radius 2 is 2.05 bits per heavy atom. The van der Waals surface area contributed by atoms with Gasteiger partial charge in [0.1, 0.15) is 0 Å². The van der Waals surface area contributed by atoms with E-state index in [4.69, 9.17) is 11.6 Å². The molecule has 1 N–H and O–H groups in total. The predicted molar refractivity (Wildman–Crippen MR) is 82.6 cm³/mol. The van der Waals surface area contributed by atoms with Gasteiger partial charge in [-0.1, -0.05) is 23.7 Å². The molecule has 0 aliphatic carbocycles. The average molecular weight is 295 g/mol. The van der Waals surface area contributed by atoms with Crippen molar-refractivity contribution in [3.8, 4) is 6.07 Å². The fourth-order valence-electron chi connectivity index (χ4n) is 2.41. The van der Waals surface area contributed by atoms with Crippen LogP contribution in [0.4, 0.5) is 0 Å². The number of benzene rings is 2. The molecule has 3 rings (SSSR count). The number of fused-ring (bicyclic) bond motifs is 1. The second-order valence-electron chi connectivity index (χ2n) is 4.85. The van der Waals surface area contributed by atoms with Gasteiger partial charge in [-0.15, -0.1) is 0 Å². The van der Waals surface area contributed by atoms with Crippen molar-refractivity contribution in [1.82, 2.24) is 4.98 Å². The topological polar surface area (TPSA) is 56.6 Å². The molecule has 0 bridgehead atoms. The van der Waals surface area contributed by atoms with Crippen molar-refractivity contribution in [2.75, 3.05) is 0 Å². The fraction of sp³-hybridized carbons (Fsp3) is 0.0588. The minimum absolute atomic E-state index is 0.186. The normalized spacial score (nSPS) is 10.5. The van der Waals surface area contributed by atoms with E-state index in [0.29, 0.717) is 27.1 Å². The molecule has 0 saturated carbocycles. The second kappa shape index (κ2) is 5.08. The molecular formula is C17H11ClN2O. The van der Waals surface area contributed by atoms with E-state index in [2.05, 4.69) is 11.1 Å². The number of hydrogen-bond donors (Lipinski definition) is 1. The first kappa shape index (κ1) is 13.4. The maximum atomic E-state index is 12.7. The molecule has 0 fully saturated rings. The zero-order valence-corrected chi connectivity index (χ0v) is 12.0. The van der Waals surface area contributed by atoms with Crippen LogP contribution in [-0.4, -0.2) is 10.8 Å². The van der Waals surface area contributed by atoms with E-state index in [1.807, 2.05) is 19.1 Å². The molecule has 0 spiro atoms. The van der Waals surface area contributed by atoms with Crippen molar-refractivity contribution in [3.63, 3.8) is 0 Å². The molecule has 4 heteroatoms. The third kappa shape index (κ3) is 2.20. The lowest BCUT2D eigenvalue weighted by Gasteiger charge is -2.04. The number of rotatable bonds is 2. The molecular weight excluding hydrogens is 284 g/mol. The first-order valence-electron chi connectivity index (χ1n) is 6.43. The highest BCUT2D eigenvalue weighted by atomic mass is 35.5. The third-order valence-electron chi connectivity index (χ3n) is 3.44. The molecule has 0 amide bonds. The number of carbonyl (C=O) groups is 1. The van der Waals surface area contributed by atoms with E-state index in [1.54, 1.807) is 30.5 Å². The lowest BCUT2D eigenvalue weighted by Crippen LogP contribution is -2.02. The van der Waals surface area contributed by atoms with Crippen LogP contribution in [0.5, 0.6) is 0 Å². The van der Waals surface area contributed by atoms with E-state index in [0.717, 1.165) is 11.1 Å². The molecule has 3 aromatic rings. The van der Waals surface area contributed by atoms with Gasteiger partial charge in [0.25, 0.3) is 0 Å². The minimum atomic E-state index is -0.186. The quantitative estimate of drug-likeness (QED) is 0.719. The Bertz CT molecular complexity index is 903. The zero-order chi connectivity index (χ0) is 15.0. The summed E-state index contributed by atoms with van der Waals surface area (Å²) in [5.41, 5.74) is 3.14. The van der Waals surface area contributed by atoms with E-state index in [1.165, 1.54) is 0 Å². The summed E-state index contributed by atoms with van der Waals surface area (Å²) in [5.74, 6) is -0.186. The minimum Gasteiger partial charge on any atom is -0.360 e. The molecule has 0 aliphatic heterocycles. The monoisotopic (exact) mass is 294 g/mol. The van der Waals surface area contributed by atoms with Crippen LogP contribution in [0.15, 0.2) is 42.6 Å². The third-order valence-corrected chi connectivity index (χ3v) is 3.75. The molecule has 0 atom stereocenters. The maximum absolute atomic E-state index is 12.7. The molecule has 0 aliphatic rings. The van der Waals surface area contributed by atoms with Gasteiger partial charge in [-0.05, 0) is 36.8 Å². The molecule has 0 unspecified atom stereocenters. The van der Waals surface area contributed by atoms with Crippen LogP contribution in [0.3, 0.4) is 0 Å². The maximum Gasteiger partial charge on any atom is 0.196 e. The number of nitriles is 1. The molecule has 0 saturated heterocycles. The van der Waals surface area contributed by atoms with Gasteiger partial charge < -0.3 is 4.98 Å². The highest BCUT2D eigenvalue weighted by molar-refractivity contribution is 6.35. The number of nitrogens with zero attached hydrogens (tertiary/aromatic N) is 1. The highest BCUT2D eigenvalue weighted by Crippen LogP contribution is 2.27. The van der Waals surface area contributed by atoms with Crippen molar-refractivity contribution >= 4 is 28.3 Å². The number of H-pyrrole nitrogens is 1. The number of carbonyl (C=O) groups excluding carboxylic acids is 1. The fourth-order valence-corrected chi connectivity index (χ4v) is 2.73. The van der Waals surface area contributed by atoms with Gasteiger partial charge in [-0.2, -0.15) is 5.26 Å². The number of halogens is 1. The Labute approximate surface area is 126 Å². The molecule has 1 aromatic heterocycles. The predicted octanol–water partition coefficient (Wildman–Crippen LogP) is 4.23. The lowest BCUT2D eigenvalue weighted by molar-refractivity contribution is 0.104. The largest absolute Gasteiger partial charge is 0.360 e. The molecule has 3 nitrogen and oxygen atoms in total. The standard InChI is InChI=1S/C17H11ClN2O/c1-10-5-6-12(14(18)7-10)17(21)13-9-20-15-4-2-3-11(8-19)16(13)15/h2-7,9,20H,1H3. The summed E-state index contributed by atoms with van der Waals surface area (Å²) in [6.45, 7) is 1.92. The molecule has 102 valence electrons. The van der Waals surface area contributed by atoms with Crippen LogP contribution in [0.2, 0.25) is 5.02 Å². The van der Waals surface area contributed by atoms with Gasteiger partial charge in [0.15, 0.2) is 5.78 Å². The van der Waals surface area contributed by atoms with Crippen molar-refractivity contribution in [1.29, 1.82) is 5.26 Å². The Morgan fingerprint density at radius 1 is 1.24 bits per heavy atom. The smallest absolute Gasteiger partial charge is 0.196 e. The highest BCUT2D eigenvalue weighted by Gasteiger charge is 2.18. The lowest BCUT2D eigenvalue weighted by atomic mass is 9.99. The molecule has 0 radical (unpaired) electrons. The first-order valence-corrected chi connectivity index (χ1v) is 6.80. The Kier molecular flexibility index (Phi) is 3.25. The molecule has 2 aromatic carbocycles. The van der Waals surface area contributed by atoms with Crippen LogP contribution in [-0.2, 0) is 0 Å². The summed E-state index contributed by atoms with van der Waals surface area (Å²) in [6.07, 6.45) is 1.63. The first-order chi connectivity index (χ1) is 10.1. The van der Waals surface area contributed by atoms with E-state index in [-0.39, 0.29) is 5.78 Å². The van der Waals surface area contributed by atoms with Crippen LogP contribution in [0.1, 0.15) is 27.0 Å². The van der Waals surface area contributed by atoms with E-state index in [9.17, 15) is 10.1 Å². The van der Waals surface area contributed by atoms with Crippen molar-refractivity contribution in [2.24, 2.45) is 0 Å². The summed E-state index contributed by atoms with van der Waals surface area (Å²) in [7, 11) is 0. The number of hydrogen-bond acceptors (Lipinski definition) is 2. The second-order valence-corrected chi connectivity index (χ2v) is 5.26. The van der Waals surface area contributed by atoms with E-state index >= 15 is 0 Å². The van der Waals surface area contributed by atoms with Gasteiger partial charge in [0, 0.05) is 28.2 Å². The van der Waals surface area contributed by atoms with E-state index < -0.39 is 0 Å². The number of aryl methyl sites for hydroxylation is 1. The van der Waals surface area contributed by atoms with Crippen LogP contribution in [0, 0.1) is 18.3 Å². The number of nitrogens with one attached hydrogen (secondary N) is 1. The number of ketones is 1. The Morgan fingerprint density at radius 3 is 2.76 bits per heavy atom. The van der Waals surface area contributed by atoms with Gasteiger partial charge in [-0.25, -0.2) is 0 Å². The van der Waals surface area contributed by atoms with Crippen molar-refractivity contribution in [2.45, 2.75) is 6.92 Å². The van der Waals surface area contributed by atoms with Gasteiger partial charge in [0.2, 0.25) is 0 Å². The summed E-state index contributed by atoms with van der Waals surface area (Å²) in [4.78, 5) is 15.7. The Hall–Kier alpha value is -2.57. The van der Waals surface area contributed by atoms with Gasteiger partial charge in [-0.3, -0.25) is 4.79 Å². The molecule has 21 heavy (non-hydrogen) atoms. The zero-order valence-electron chi connectivity index (χ0n) is 11.3. The van der Waals surface area contributed by atoms with Crippen LogP contribution < -0.4 is 0 Å². The summed E-state index contributed by atoms with van der Waals surface area (Å²) >= 11 is 6.17. The van der Waals surface area contributed by atoms with Gasteiger partial charge in [0.05, 0.1) is 16.7 Å². The number of aromatic nitrogens is 1. The average Bonchev–Trinajstić information content (AvgIpc) is 2.90. The van der Waals surface area contributed by atoms with Crippen LogP contribution >= 0.6 is 11.6 Å². The van der Waals surface area contributed by atoms with Crippen molar-refractivity contribution in [3.05, 3.63) is 69.9 Å². The SMILES string of the molecule is Cc1ccc(C(=O)c2c[nH]c3cccc(C#N)c23)c(Cl)c1. The summed E-state index contributed by atoms with van der Waals surface area (Å²) in [6, 6.07) is 12.8. The Balaban J connectivity index is 2.21.